The maximum absolute atomic E-state index is 4.70. The molecule has 2 heteroatoms. The Morgan fingerprint density at radius 2 is 1.69 bits per heavy atom. The lowest BCUT2D eigenvalue weighted by molar-refractivity contribution is 0.480. The Hall–Kier alpha value is -0.110. The minimum Gasteiger partial charge on any atom is -0.371 e. The van der Waals surface area contributed by atoms with Crippen molar-refractivity contribution in [3.63, 3.8) is 0 Å². The van der Waals surface area contributed by atoms with Gasteiger partial charge >= 0.3 is 0 Å². The summed E-state index contributed by atoms with van der Waals surface area (Å²) in [7, 11) is 0. The molecule has 0 saturated heterocycles. The van der Waals surface area contributed by atoms with Gasteiger partial charge in [-0.25, -0.2) is 0 Å². The molecule has 0 aromatic rings. The molecule has 0 saturated carbocycles. The monoisotopic (exact) mass is 200 g/mol. The van der Waals surface area contributed by atoms with Crippen molar-refractivity contribution in [3.8, 4) is 0 Å². The number of nitrogens with one attached hydrogen (secondary N) is 1. The van der Waals surface area contributed by atoms with Crippen LogP contribution >= 0.6 is 12.2 Å². The van der Waals surface area contributed by atoms with Crippen molar-refractivity contribution in [2.24, 2.45) is 0 Å². The summed E-state index contributed by atoms with van der Waals surface area (Å²) >= 11 is 4.70. The highest BCUT2D eigenvalue weighted by Gasteiger charge is 2.04. The van der Waals surface area contributed by atoms with E-state index < -0.39 is 0 Å². The molecule has 0 rings (SSSR count). The van der Waals surface area contributed by atoms with Crippen LogP contribution in [0.5, 0.6) is 0 Å². The van der Waals surface area contributed by atoms with Crippen molar-refractivity contribution in [3.05, 3.63) is 0 Å². The molecule has 0 aliphatic rings. The summed E-state index contributed by atoms with van der Waals surface area (Å²) in [5.41, 5.74) is 2.64. The third kappa shape index (κ3) is 8.23. The number of hydrogen-bond donors (Lipinski definition) is 1. The Bertz CT molecular complexity index is 115. The minimum absolute atomic E-state index is 0.573. The van der Waals surface area contributed by atoms with Crippen LogP contribution in [-0.4, -0.2) is 11.5 Å². The topological polar surface area (TPSA) is 12.0 Å². The van der Waals surface area contributed by atoms with Gasteiger partial charge in [0.1, 0.15) is 5.49 Å². The lowest BCUT2D eigenvalue weighted by Gasteiger charge is -2.15. The third-order valence-corrected chi connectivity index (χ3v) is 2.44. The number of rotatable bonds is 9. The number of thiocarbonyl (C=S) groups is 1. The maximum atomic E-state index is 4.70. The first-order valence-corrected chi connectivity index (χ1v) is 5.88. The molecule has 1 nitrogen and oxygen atoms in total. The van der Waals surface area contributed by atoms with Gasteiger partial charge in [0.05, 0.1) is 0 Å². The van der Waals surface area contributed by atoms with Crippen LogP contribution in [0.15, 0.2) is 0 Å². The number of unbranched alkanes of at least 4 members (excludes halogenated alkanes) is 3. The predicted octanol–water partition coefficient (Wildman–Crippen LogP) is 3.55. The molecule has 0 spiro atoms. The van der Waals surface area contributed by atoms with Crippen LogP contribution < -0.4 is 5.32 Å². The van der Waals surface area contributed by atoms with Crippen LogP contribution in [0, 0.1) is 0 Å². The van der Waals surface area contributed by atoms with Crippen molar-refractivity contribution < 1.29 is 0 Å². The molecule has 0 aromatic heterocycles. The molecule has 0 heterocycles. The van der Waals surface area contributed by atoms with Gasteiger partial charge in [-0.1, -0.05) is 58.2 Å². The van der Waals surface area contributed by atoms with Gasteiger partial charge < -0.3 is 5.32 Å². The molecule has 0 amide bonds. The first kappa shape index (κ1) is 12.9. The summed E-state index contributed by atoms with van der Waals surface area (Å²) in [6.07, 6.45) is 8.99. The Morgan fingerprint density at radius 3 is 2.23 bits per heavy atom. The second-order valence-corrected chi connectivity index (χ2v) is 3.79. The normalized spacial score (nSPS) is 12.5. The largest absolute Gasteiger partial charge is 0.371 e. The second-order valence-electron chi connectivity index (χ2n) is 3.58. The zero-order chi connectivity index (χ0) is 9.94. The van der Waals surface area contributed by atoms with Crippen molar-refractivity contribution >= 4 is 17.7 Å². The third-order valence-electron chi connectivity index (χ3n) is 2.33. The van der Waals surface area contributed by atoms with E-state index in [1.54, 1.807) is 0 Å². The molecule has 0 aliphatic heterocycles. The smallest absolute Gasteiger partial charge is 0.134 e. The first-order valence-electron chi connectivity index (χ1n) is 5.47. The highest BCUT2D eigenvalue weighted by molar-refractivity contribution is 7.78. The lowest BCUT2D eigenvalue weighted by Crippen LogP contribution is -2.26. The zero-order valence-electron chi connectivity index (χ0n) is 8.94. The Balaban J connectivity index is 3.47. The molecule has 1 unspecified atom stereocenters. The maximum Gasteiger partial charge on any atom is 0.134 e. The van der Waals surface area contributed by atoms with Crippen LogP contribution in [0.3, 0.4) is 0 Å². The van der Waals surface area contributed by atoms with Crippen LogP contribution in [0.2, 0.25) is 0 Å². The average molecular weight is 200 g/mol. The van der Waals surface area contributed by atoms with E-state index in [-0.39, 0.29) is 0 Å². The average Bonchev–Trinajstić information content (AvgIpc) is 2.14. The Labute approximate surface area is 88.3 Å². The van der Waals surface area contributed by atoms with Gasteiger partial charge in [0.15, 0.2) is 0 Å². The Morgan fingerprint density at radius 1 is 1.08 bits per heavy atom. The molecule has 13 heavy (non-hydrogen) atoms. The van der Waals surface area contributed by atoms with E-state index in [4.69, 9.17) is 12.2 Å². The van der Waals surface area contributed by atoms with Crippen molar-refractivity contribution in [1.82, 2.24) is 5.32 Å². The quantitative estimate of drug-likeness (QED) is 0.347. The molecule has 1 atom stereocenters. The molecule has 1 N–H and O–H groups in total. The summed E-state index contributed by atoms with van der Waals surface area (Å²) in [6, 6.07) is 0.573. The first-order chi connectivity index (χ1) is 6.35. The lowest BCUT2D eigenvalue weighted by atomic mass is 10.0. The van der Waals surface area contributed by atoms with E-state index in [9.17, 15) is 0 Å². The van der Waals surface area contributed by atoms with E-state index in [0.29, 0.717) is 6.04 Å². The molecular formula is C11H22NS. The van der Waals surface area contributed by atoms with Gasteiger partial charge in [0.2, 0.25) is 0 Å². The van der Waals surface area contributed by atoms with E-state index in [0.717, 1.165) is 0 Å². The summed E-state index contributed by atoms with van der Waals surface area (Å²) in [4.78, 5) is 0. The molecule has 1 radical (unpaired) electrons. The van der Waals surface area contributed by atoms with Crippen molar-refractivity contribution in [2.45, 2.75) is 64.8 Å². The summed E-state index contributed by atoms with van der Waals surface area (Å²) in [6.45, 7) is 4.46. The molecule has 0 aromatic carbocycles. The van der Waals surface area contributed by atoms with Gasteiger partial charge in [0.25, 0.3) is 0 Å². The fourth-order valence-corrected chi connectivity index (χ4v) is 1.63. The van der Waals surface area contributed by atoms with Crippen LogP contribution in [0.4, 0.5) is 0 Å². The molecular weight excluding hydrogens is 178 g/mol. The van der Waals surface area contributed by atoms with Crippen LogP contribution in [-0.2, 0) is 0 Å². The fraction of sp³-hybridized carbons (Fsp3) is 0.909. The minimum atomic E-state index is 0.573. The number of hydrogen-bond acceptors (Lipinski definition) is 1. The van der Waals surface area contributed by atoms with Crippen LogP contribution in [0.1, 0.15) is 58.8 Å². The van der Waals surface area contributed by atoms with E-state index >= 15 is 0 Å². The highest BCUT2D eigenvalue weighted by Crippen LogP contribution is 2.09. The predicted molar refractivity (Wildman–Crippen MR) is 63.2 cm³/mol. The van der Waals surface area contributed by atoms with Crippen LogP contribution in [0.25, 0.3) is 0 Å². The van der Waals surface area contributed by atoms with Gasteiger partial charge in [0, 0.05) is 6.04 Å². The van der Waals surface area contributed by atoms with Gasteiger partial charge in [-0.3, -0.25) is 0 Å². The zero-order valence-corrected chi connectivity index (χ0v) is 9.75. The van der Waals surface area contributed by atoms with Crippen molar-refractivity contribution in [2.75, 3.05) is 0 Å². The molecule has 0 aliphatic carbocycles. The summed E-state index contributed by atoms with van der Waals surface area (Å²) in [5.74, 6) is 0. The SMILES string of the molecule is CCCCCC(CCCC)N[C]=S. The molecule has 0 fully saturated rings. The van der Waals surface area contributed by atoms with E-state index in [2.05, 4.69) is 24.7 Å². The Kier molecular flexibility index (Phi) is 9.89. The molecule has 77 valence electrons. The van der Waals surface area contributed by atoms with Gasteiger partial charge in [-0.2, -0.15) is 0 Å². The van der Waals surface area contributed by atoms with Crippen molar-refractivity contribution in [1.29, 1.82) is 0 Å². The standard InChI is InChI=1S/C11H22NS/c1-3-5-7-9-11(12-10-13)8-6-4-2/h11H,3-9H2,1-2H3,(H,12,13). The van der Waals surface area contributed by atoms with E-state index in [1.165, 1.54) is 44.9 Å². The van der Waals surface area contributed by atoms with Gasteiger partial charge in [-0.05, 0) is 12.8 Å². The summed E-state index contributed by atoms with van der Waals surface area (Å²) in [5, 5.41) is 3.14. The fourth-order valence-electron chi connectivity index (χ4n) is 1.46. The summed E-state index contributed by atoms with van der Waals surface area (Å²) < 4.78 is 0. The van der Waals surface area contributed by atoms with E-state index in [1.807, 2.05) is 0 Å². The molecule has 0 bridgehead atoms. The highest BCUT2D eigenvalue weighted by atomic mass is 32.1. The van der Waals surface area contributed by atoms with Gasteiger partial charge in [-0.15, -0.1) is 0 Å². The second kappa shape index (κ2) is 9.97.